The van der Waals surface area contributed by atoms with Crippen molar-refractivity contribution in [2.24, 2.45) is 0 Å². The first-order valence-electron chi connectivity index (χ1n) is 7.90. The van der Waals surface area contributed by atoms with Crippen molar-refractivity contribution in [3.8, 4) is 22.9 Å². The first-order valence-corrected chi connectivity index (χ1v) is 10.1. The molecule has 6 nitrogen and oxygen atoms in total. The maximum atomic E-state index is 6.01. The Labute approximate surface area is 168 Å². The minimum absolute atomic E-state index is 0.473. The Morgan fingerprint density at radius 1 is 1.11 bits per heavy atom. The zero-order chi connectivity index (χ0) is 18.8. The normalized spacial score (nSPS) is 11.1. The largest absolute Gasteiger partial charge is 0.497 e. The zero-order valence-electron chi connectivity index (χ0n) is 14.4. The van der Waals surface area contributed by atoms with E-state index in [1.54, 1.807) is 43.4 Å². The molecule has 2 aromatic carbocycles. The third-order valence-corrected chi connectivity index (χ3v) is 6.17. The first kappa shape index (κ1) is 18.1. The molecule has 0 spiro atoms. The third kappa shape index (κ3) is 3.87. The Morgan fingerprint density at radius 3 is 2.81 bits per heavy atom. The second-order valence-corrected chi connectivity index (χ2v) is 8.15. The second-order valence-electron chi connectivity index (χ2n) is 5.46. The third-order valence-electron chi connectivity index (χ3n) is 3.77. The molecule has 0 bridgehead atoms. The van der Waals surface area contributed by atoms with Crippen molar-refractivity contribution in [3.63, 3.8) is 0 Å². The van der Waals surface area contributed by atoms with Gasteiger partial charge in [0.15, 0.2) is 4.34 Å². The van der Waals surface area contributed by atoms with Crippen LogP contribution in [0.5, 0.6) is 11.5 Å². The quantitative estimate of drug-likeness (QED) is 0.392. The summed E-state index contributed by atoms with van der Waals surface area (Å²) in [7, 11) is 3.20. The van der Waals surface area contributed by atoms with Crippen LogP contribution in [0.2, 0.25) is 5.02 Å². The summed E-state index contributed by atoms with van der Waals surface area (Å²) < 4.78 is 18.0. The highest BCUT2D eigenvalue weighted by Gasteiger charge is 2.15. The molecule has 9 heteroatoms. The van der Waals surface area contributed by atoms with Gasteiger partial charge in [-0.2, -0.15) is 4.98 Å². The van der Waals surface area contributed by atoms with Crippen LogP contribution in [0.25, 0.3) is 21.6 Å². The van der Waals surface area contributed by atoms with E-state index in [1.807, 2.05) is 30.3 Å². The van der Waals surface area contributed by atoms with Crippen molar-refractivity contribution in [1.82, 2.24) is 15.1 Å². The van der Waals surface area contributed by atoms with Crippen molar-refractivity contribution in [2.45, 2.75) is 10.1 Å². The lowest BCUT2D eigenvalue weighted by molar-refractivity contribution is 0.388. The van der Waals surface area contributed by atoms with Crippen LogP contribution in [-0.2, 0) is 5.75 Å². The summed E-state index contributed by atoms with van der Waals surface area (Å²) in [4.78, 5) is 9.04. The number of rotatable bonds is 6. The second kappa shape index (κ2) is 7.75. The topological polar surface area (TPSA) is 70.3 Å². The van der Waals surface area contributed by atoms with E-state index in [0.717, 1.165) is 20.1 Å². The molecule has 0 saturated carbocycles. The van der Waals surface area contributed by atoms with Crippen LogP contribution in [0, 0.1) is 0 Å². The van der Waals surface area contributed by atoms with Gasteiger partial charge in [-0.05, 0) is 30.3 Å². The number of fused-ring (bicyclic) bond motifs is 1. The molecule has 138 valence electrons. The van der Waals surface area contributed by atoms with Gasteiger partial charge in [0.2, 0.25) is 11.7 Å². The molecule has 0 unspecified atom stereocenters. The van der Waals surface area contributed by atoms with Gasteiger partial charge >= 0.3 is 0 Å². The number of methoxy groups -OCH3 is 2. The van der Waals surface area contributed by atoms with Gasteiger partial charge in [-0.25, -0.2) is 4.98 Å². The molecule has 27 heavy (non-hydrogen) atoms. The predicted molar refractivity (Wildman–Crippen MR) is 107 cm³/mol. The molecular weight excluding hydrogens is 406 g/mol. The Balaban J connectivity index is 1.51. The smallest absolute Gasteiger partial charge is 0.237 e. The summed E-state index contributed by atoms with van der Waals surface area (Å²) in [6.07, 6.45) is 0. The molecule has 0 aliphatic carbocycles. The average molecular weight is 420 g/mol. The van der Waals surface area contributed by atoms with Crippen LogP contribution in [0.3, 0.4) is 0 Å². The summed E-state index contributed by atoms with van der Waals surface area (Å²) in [6, 6.07) is 11.2. The van der Waals surface area contributed by atoms with E-state index in [2.05, 4.69) is 15.1 Å². The Bertz CT molecular complexity index is 1100. The fraction of sp³-hybridized carbons (Fsp3) is 0.167. The lowest BCUT2D eigenvalue weighted by atomic mass is 10.2. The van der Waals surface area contributed by atoms with Crippen LogP contribution in [0.1, 0.15) is 5.89 Å². The Kier molecular flexibility index (Phi) is 5.20. The maximum Gasteiger partial charge on any atom is 0.237 e. The van der Waals surface area contributed by atoms with Crippen LogP contribution in [0.15, 0.2) is 45.3 Å². The van der Waals surface area contributed by atoms with E-state index in [1.165, 1.54) is 0 Å². The molecule has 0 atom stereocenters. The standard InChI is InChI=1S/C18H14ClN3O3S2/c1-23-11-4-5-12(14(8-11)24-2)17-21-16(25-22-17)9-26-18-20-13-7-10(19)3-6-15(13)27-18/h3-8H,9H2,1-2H3. The number of ether oxygens (including phenoxy) is 2. The van der Waals surface area contributed by atoms with Gasteiger partial charge in [0.25, 0.3) is 0 Å². The number of hydrogen-bond donors (Lipinski definition) is 0. The minimum atomic E-state index is 0.473. The van der Waals surface area contributed by atoms with Gasteiger partial charge < -0.3 is 14.0 Å². The van der Waals surface area contributed by atoms with E-state index >= 15 is 0 Å². The molecule has 0 aliphatic heterocycles. The summed E-state index contributed by atoms with van der Waals surface area (Å²) in [5.41, 5.74) is 1.64. The van der Waals surface area contributed by atoms with Gasteiger partial charge in [0.1, 0.15) is 11.5 Å². The highest BCUT2D eigenvalue weighted by atomic mass is 35.5. The van der Waals surface area contributed by atoms with Crippen LogP contribution < -0.4 is 9.47 Å². The molecule has 0 radical (unpaired) electrons. The predicted octanol–water partition coefficient (Wildman–Crippen LogP) is 5.31. The molecule has 0 saturated heterocycles. The molecule has 2 aromatic heterocycles. The van der Waals surface area contributed by atoms with Gasteiger partial charge in [0, 0.05) is 11.1 Å². The van der Waals surface area contributed by atoms with Crippen molar-refractivity contribution in [1.29, 1.82) is 0 Å². The molecule has 4 aromatic rings. The SMILES string of the molecule is COc1ccc(-c2noc(CSc3nc4cc(Cl)ccc4s3)n2)c(OC)c1. The number of halogens is 1. The van der Waals surface area contributed by atoms with Crippen LogP contribution in [0.4, 0.5) is 0 Å². The van der Waals surface area contributed by atoms with E-state index < -0.39 is 0 Å². The van der Waals surface area contributed by atoms with Crippen molar-refractivity contribution in [3.05, 3.63) is 47.3 Å². The summed E-state index contributed by atoms with van der Waals surface area (Å²) in [5, 5.41) is 4.74. The highest BCUT2D eigenvalue weighted by Crippen LogP contribution is 2.34. The number of benzene rings is 2. The Hall–Kier alpha value is -2.29. The van der Waals surface area contributed by atoms with Crippen molar-refractivity contribution >= 4 is 44.9 Å². The summed E-state index contributed by atoms with van der Waals surface area (Å²) >= 11 is 9.17. The fourth-order valence-electron chi connectivity index (χ4n) is 2.47. The Morgan fingerprint density at radius 2 is 2.00 bits per heavy atom. The van der Waals surface area contributed by atoms with Crippen molar-refractivity contribution in [2.75, 3.05) is 14.2 Å². The zero-order valence-corrected chi connectivity index (χ0v) is 16.8. The van der Waals surface area contributed by atoms with Crippen molar-refractivity contribution < 1.29 is 14.0 Å². The highest BCUT2D eigenvalue weighted by molar-refractivity contribution is 8.00. The number of nitrogens with zero attached hydrogens (tertiary/aromatic N) is 3. The van der Waals surface area contributed by atoms with Crippen LogP contribution in [-0.4, -0.2) is 29.3 Å². The van der Waals surface area contributed by atoms with Gasteiger partial charge in [-0.15, -0.1) is 11.3 Å². The molecule has 4 rings (SSSR count). The fourth-order valence-corrected chi connectivity index (χ4v) is 4.52. The summed E-state index contributed by atoms with van der Waals surface area (Å²) in [6.45, 7) is 0. The number of aromatic nitrogens is 3. The number of thiazole rings is 1. The molecule has 2 heterocycles. The van der Waals surface area contributed by atoms with Crippen LogP contribution >= 0.6 is 34.7 Å². The summed E-state index contributed by atoms with van der Waals surface area (Å²) in [5.74, 6) is 2.84. The lowest BCUT2D eigenvalue weighted by Gasteiger charge is -2.07. The van der Waals surface area contributed by atoms with Gasteiger partial charge in [-0.1, -0.05) is 28.5 Å². The lowest BCUT2D eigenvalue weighted by Crippen LogP contribution is -1.91. The molecular formula is C18H14ClN3O3S2. The molecule has 0 N–H and O–H groups in total. The molecule has 0 aliphatic rings. The maximum absolute atomic E-state index is 6.01. The first-order chi connectivity index (χ1) is 13.2. The van der Waals surface area contributed by atoms with E-state index in [0.29, 0.717) is 34.0 Å². The van der Waals surface area contributed by atoms with Gasteiger partial charge in [-0.3, -0.25) is 0 Å². The number of thioether (sulfide) groups is 1. The van der Waals surface area contributed by atoms with E-state index in [4.69, 9.17) is 25.6 Å². The minimum Gasteiger partial charge on any atom is -0.497 e. The average Bonchev–Trinajstić information content (AvgIpc) is 3.32. The van der Waals surface area contributed by atoms with Gasteiger partial charge in [0.05, 0.1) is 35.8 Å². The monoisotopic (exact) mass is 419 g/mol. The van der Waals surface area contributed by atoms with E-state index in [9.17, 15) is 0 Å². The number of hydrogen-bond acceptors (Lipinski definition) is 8. The molecule has 0 fully saturated rings. The molecule has 0 amide bonds. The van der Waals surface area contributed by atoms with E-state index in [-0.39, 0.29) is 0 Å².